The quantitative estimate of drug-likeness (QED) is 0.839. The van der Waals surface area contributed by atoms with E-state index in [2.05, 4.69) is 15.2 Å². The molecule has 0 bridgehead atoms. The fourth-order valence-corrected chi connectivity index (χ4v) is 2.27. The van der Waals surface area contributed by atoms with Gasteiger partial charge in [0.2, 0.25) is 5.91 Å². The van der Waals surface area contributed by atoms with E-state index in [0.29, 0.717) is 6.54 Å². The molecule has 5 nitrogen and oxygen atoms in total. The topological polar surface area (TPSA) is 61.9 Å². The molecule has 16 heavy (non-hydrogen) atoms. The first-order valence-corrected chi connectivity index (χ1v) is 5.86. The lowest BCUT2D eigenvalue weighted by molar-refractivity contribution is -0.135. The third-order valence-electron chi connectivity index (χ3n) is 3.18. The molecule has 1 aliphatic carbocycles. The molecule has 1 heterocycles. The van der Waals surface area contributed by atoms with Gasteiger partial charge in [-0.15, -0.1) is 0 Å². The van der Waals surface area contributed by atoms with Crippen LogP contribution >= 0.6 is 0 Å². The highest BCUT2D eigenvalue weighted by molar-refractivity contribution is 5.78. The molecule has 1 aliphatic rings. The first kappa shape index (κ1) is 11.1. The molecular weight excluding hydrogens is 204 g/mol. The minimum Gasteiger partial charge on any atom is -0.338 e. The van der Waals surface area contributed by atoms with Crippen LogP contribution in [0.5, 0.6) is 0 Å². The molecule has 1 aromatic rings. The number of hydrogen-bond donors (Lipinski definition) is 1. The lowest BCUT2D eigenvalue weighted by Gasteiger charge is -2.25. The third kappa shape index (κ3) is 2.59. The summed E-state index contributed by atoms with van der Waals surface area (Å²) in [5.41, 5.74) is 0. The zero-order chi connectivity index (χ0) is 11.4. The minimum absolute atomic E-state index is 0.224. The van der Waals surface area contributed by atoms with Crippen LogP contribution < -0.4 is 0 Å². The molecule has 2 rings (SSSR count). The number of aromatic nitrogens is 3. The Kier molecular flexibility index (Phi) is 3.54. The van der Waals surface area contributed by atoms with Crippen molar-refractivity contribution in [2.75, 3.05) is 7.05 Å². The first-order chi connectivity index (χ1) is 7.77. The number of nitrogens with zero attached hydrogens (tertiary/aromatic N) is 3. The van der Waals surface area contributed by atoms with Crippen molar-refractivity contribution in [2.24, 2.45) is 5.92 Å². The Balaban J connectivity index is 1.88. The van der Waals surface area contributed by atoms with Gasteiger partial charge in [0.15, 0.2) is 0 Å². The van der Waals surface area contributed by atoms with E-state index < -0.39 is 0 Å². The van der Waals surface area contributed by atoms with E-state index in [4.69, 9.17) is 0 Å². The molecule has 0 aliphatic heterocycles. The van der Waals surface area contributed by atoms with Crippen LogP contribution in [-0.4, -0.2) is 33.0 Å². The van der Waals surface area contributed by atoms with Crippen LogP contribution in [0.25, 0.3) is 0 Å². The van der Waals surface area contributed by atoms with Gasteiger partial charge >= 0.3 is 0 Å². The fraction of sp³-hybridized carbons (Fsp3) is 0.727. The number of nitrogens with one attached hydrogen (secondary N) is 1. The molecule has 1 saturated carbocycles. The van der Waals surface area contributed by atoms with E-state index in [1.807, 2.05) is 7.05 Å². The lowest BCUT2D eigenvalue weighted by Crippen LogP contribution is -2.33. The molecule has 0 unspecified atom stereocenters. The van der Waals surface area contributed by atoms with Crippen LogP contribution in [0.1, 0.15) is 37.9 Å². The van der Waals surface area contributed by atoms with E-state index in [9.17, 15) is 4.79 Å². The summed E-state index contributed by atoms with van der Waals surface area (Å²) < 4.78 is 0. The largest absolute Gasteiger partial charge is 0.338 e. The van der Waals surface area contributed by atoms with Gasteiger partial charge in [-0.3, -0.25) is 9.89 Å². The number of hydrogen-bond acceptors (Lipinski definition) is 3. The highest BCUT2D eigenvalue weighted by Crippen LogP contribution is 2.25. The van der Waals surface area contributed by atoms with E-state index in [-0.39, 0.29) is 11.8 Å². The molecular formula is C11H18N4O. The van der Waals surface area contributed by atoms with Gasteiger partial charge in [-0.05, 0) is 12.8 Å². The molecule has 0 atom stereocenters. The first-order valence-electron chi connectivity index (χ1n) is 5.86. The Labute approximate surface area is 95.2 Å². The normalized spacial score (nSPS) is 17.3. The van der Waals surface area contributed by atoms with Crippen LogP contribution in [0.2, 0.25) is 0 Å². The van der Waals surface area contributed by atoms with Crippen molar-refractivity contribution in [2.45, 2.75) is 38.6 Å². The highest BCUT2D eigenvalue weighted by atomic mass is 16.2. The maximum absolute atomic E-state index is 12.1. The molecule has 1 aromatic heterocycles. The molecule has 1 N–H and O–H groups in total. The SMILES string of the molecule is CN(Cc1ncn[nH]1)C(=O)C1CCCCC1. The summed E-state index contributed by atoms with van der Waals surface area (Å²) in [6.07, 6.45) is 7.20. The number of amides is 1. The van der Waals surface area contributed by atoms with Gasteiger partial charge in [0, 0.05) is 13.0 Å². The summed E-state index contributed by atoms with van der Waals surface area (Å²) in [5, 5.41) is 6.54. The van der Waals surface area contributed by atoms with Gasteiger partial charge in [0.1, 0.15) is 12.2 Å². The number of carbonyl (C=O) groups is 1. The third-order valence-corrected chi connectivity index (χ3v) is 3.18. The minimum atomic E-state index is 0.224. The van der Waals surface area contributed by atoms with Gasteiger partial charge in [0.25, 0.3) is 0 Å². The van der Waals surface area contributed by atoms with Crippen molar-refractivity contribution in [3.63, 3.8) is 0 Å². The van der Waals surface area contributed by atoms with Crippen molar-refractivity contribution in [1.29, 1.82) is 0 Å². The molecule has 0 spiro atoms. The van der Waals surface area contributed by atoms with Gasteiger partial charge in [0.05, 0.1) is 6.54 Å². The van der Waals surface area contributed by atoms with Crippen LogP contribution in [-0.2, 0) is 11.3 Å². The standard InChI is InChI=1S/C11H18N4O/c1-15(7-10-12-8-13-14-10)11(16)9-5-3-2-4-6-9/h8-9H,2-7H2,1H3,(H,12,13,14). The van der Waals surface area contributed by atoms with Crippen molar-refractivity contribution in [1.82, 2.24) is 20.1 Å². The van der Waals surface area contributed by atoms with Crippen molar-refractivity contribution in [3.8, 4) is 0 Å². The summed E-state index contributed by atoms with van der Waals surface area (Å²) in [7, 11) is 1.83. The number of aromatic amines is 1. The van der Waals surface area contributed by atoms with Crippen LogP contribution in [0.4, 0.5) is 0 Å². The molecule has 5 heteroatoms. The van der Waals surface area contributed by atoms with E-state index >= 15 is 0 Å². The molecule has 0 radical (unpaired) electrons. The Morgan fingerprint density at radius 1 is 1.50 bits per heavy atom. The summed E-state index contributed by atoms with van der Waals surface area (Å²) in [5.74, 6) is 1.21. The average molecular weight is 222 g/mol. The monoisotopic (exact) mass is 222 g/mol. The second-order valence-corrected chi connectivity index (χ2v) is 4.46. The van der Waals surface area contributed by atoms with Crippen LogP contribution in [0.3, 0.4) is 0 Å². The molecule has 1 fully saturated rings. The van der Waals surface area contributed by atoms with E-state index in [1.165, 1.54) is 25.6 Å². The highest BCUT2D eigenvalue weighted by Gasteiger charge is 2.24. The summed E-state index contributed by atoms with van der Waals surface area (Å²) >= 11 is 0. The Hall–Kier alpha value is -1.39. The second-order valence-electron chi connectivity index (χ2n) is 4.46. The number of carbonyl (C=O) groups excluding carboxylic acids is 1. The maximum atomic E-state index is 12.1. The van der Waals surface area contributed by atoms with Crippen LogP contribution in [0, 0.1) is 5.92 Å². The van der Waals surface area contributed by atoms with Crippen LogP contribution in [0.15, 0.2) is 6.33 Å². The van der Waals surface area contributed by atoms with Crippen molar-refractivity contribution >= 4 is 5.91 Å². The Bertz CT molecular complexity index is 330. The van der Waals surface area contributed by atoms with Gasteiger partial charge in [-0.25, -0.2) is 4.98 Å². The summed E-state index contributed by atoms with van der Waals surface area (Å²) in [4.78, 5) is 17.9. The smallest absolute Gasteiger partial charge is 0.225 e. The predicted octanol–water partition coefficient (Wildman–Crippen LogP) is 1.34. The second kappa shape index (κ2) is 5.09. The number of rotatable bonds is 3. The Morgan fingerprint density at radius 3 is 2.88 bits per heavy atom. The molecule has 0 aromatic carbocycles. The summed E-state index contributed by atoms with van der Waals surface area (Å²) in [6, 6.07) is 0. The molecule has 1 amide bonds. The number of H-pyrrole nitrogens is 1. The zero-order valence-corrected chi connectivity index (χ0v) is 9.65. The average Bonchev–Trinajstić information content (AvgIpc) is 2.82. The molecule has 0 saturated heterocycles. The van der Waals surface area contributed by atoms with E-state index in [1.54, 1.807) is 4.90 Å². The summed E-state index contributed by atoms with van der Waals surface area (Å²) in [6.45, 7) is 0.523. The van der Waals surface area contributed by atoms with Gasteiger partial charge < -0.3 is 4.90 Å². The van der Waals surface area contributed by atoms with Crippen molar-refractivity contribution in [3.05, 3.63) is 12.2 Å². The van der Waals surface area contributed by atoms with Gasteiger partial charge in [-0.1, -0.05) is 19.3 Å². The fourth-order valence-electron chi connectivity index (χ4n) is 2.27. The zero-order valence-electron chi connectivity index (χ0n) is 9.65. The van der Waals surface area contributed by atoms with Crippen molar-refractivity contribution < 1.29 is 4.79 Å². The van der Waals surface area contributed by atoms with E-state index in [0.717, 1.165) is 18.7 Å². The Morgan fingerprint density at radius 2 is 2.25 bits per heavy atom. The predicted molar refractivity (Wildman–Crippen MR) is 59.4 cm³/mol. The lowest BCUT2D eigenvalue weighted by atomic mass is 9.88. The molecule has 88 valence electrons. The van der Waals surface area contributed by atoms with Gasteiger partial charge in [-0.2, -0.15) is 5.10 Å². The maximum Gasteiger partial charge on any atom is 0.225 e.